The second-order valence-corrected chi connectivity index (χ2v) is 9.36. The molecule has 3 amide bonds. The number of amides is 3. The Morgan fingerprint density at radius 1 is 1.06 bits per heavy atom. The third-order valence-corrected chi connectivity index (χ3v) is 7.00. The SMILES string of the molecule is O=C(NC1CCCC1)C(=O)N(c1ccc2c(c1)OCO2)[C@@H](C(=O)NCc1ccco1)c1cccs1. The molecule has 3 heterocycles. The first kappa shape index (κ1) is 23.0. The fourth-order valence-corrected chi connectivity index (χ4v) is 5.16. The van der Waals surface area contributed by atoms with Crippen molar-refractivity contribution in [1.82, 2.24) is 10.6 Å². The van der Waals surface area contributed by atoms with Crippen LogP contribution < -0.4 is 25.0 Å². The van der Waals surface area contributed by atoms with Crippen LogP contribution in [0.25, 0.3) is 0 Å². The highest BCUT2D eigenvalue weighted by molar-refractivity contribution is 7.10. The Balaban J connectivity index is 1.49. The minimum Gasteiger partial charge on any atom is -0.467 e. The number of benzene rings is 1. The average molecular weight is 496 g/mol. The normalized spacial score (nSPS) is 15.5. The summed E-state index contributed by atoms with van der Waals surface area (Å²) in [6.07, 6.45) is 5.21. The third kappa shape index (κ3) is 5.02. The van der Waals surface area contributed by atoms with Crippen molar-refractivity contribution in [3.8, 4) is 11.5 Å². The Kier molecular flexibility index (Phi) is 6.71. The van der Waals surface area contributed by atoms with Crippen molar-refractivity contribution in [2.45, 2.75) is 44.3 Å². The van der Waals surface area contributed by atoms with E-state index in [1.54, 1.807) is 42.5 Å². The smallest absolute Gasteiger partial charge is 0.317 e. The number of hydrogen-bond acceptors (Lipinski definition) is 7. The van der Waals surface area contributed by atoms with Gasteiger partial charge in [-0.15, -0.1) is 11.3 Å². The van der Waals surface area contributed by atoms with Crippen molar-refractivity contribution in [2.75, 3.05) is 11.7 Å². The average Bonchev–Trinajstić information content (AvgIpc) is 3.68. The molecule has 2 aromatic heterocycles. The van der Waals surface area contributed by atoms with E-state index < -0.39 is 23.8 Å². The minimum absolute atomic E-state index is 0.0435. The van der Waals surface area contributed by atoms with Gasteiger partial charge in [-0.25, -0.2) is 0 Å². The van der Waals surface area contributed by atoms with Crippen molar-refractivity contribution in [1.29, 1.82) is 0 Å². The summed E-state index contributed by atoms with van der Waals surface area (Å²) in [5.74, 6) is -0.451. The van der Waals surface area contributed by atoms with E-state index in [4.69, 9.17) is 13.9 Å². The van der Waals surface area contributed by atoms with Crippen LogP contribution in [0.3, 0.4) is 0 Å². The van der Waals surface area contributed by atoms with Gasteiger partial charge < -0.3 is 24.5 Å². The fourth-order valence-electron chi connectivity index (χ4n) is 4.35. The lowest BCUT2D eigenvalue weighted by molar-refractivity contribution is -0.139. The molecule has 3 aromatic rings. The van der Waals surface area contributed by atoms with Crippen LogP contribution in [0.2, 0.25) is 0 Å². The lowest BCUT2D eigenvalue weighted by Gasteiger charge is -2.30. The molecule has 0 bridgehead atoms. The molecule has 0 spiro atoms. The van der Waals surface area contributed by atoms with Gasteiger partial charge in [0, 0.05) is 22.7 Å². The molecule has 0 saturated heterocycles. The maximum Gasteiger partial charge on any atom is 0.317 e. The molecule has 1 fully saturated rings. The van der Waals surface area contributed by atoms with Gasteiger partial charge in [0.05, 0.1) is 12.8 Å². The predicted molar refractivity (Wildman–Crippen MR) is 128 cm³/mol. The predicted octanol–water partition coefficient (Wildman–Crippen LogP) is 3.52. The molecular formula is C25H25N3O6S. The number of nitrogens with zero attached hydrogens (tertiary/aromatic N) is 1. The lowest BCUT2D eigenvalue weighted by Crippen LogP contribution is -2.50. The largest absolute Gasteiger partial charge is 0.467 e. The van der Waals surface area contributed by atoms with E-state index in [1.165, 1.54) is 22.5 Å². The minimum atomic E-state index is -1.08. The van der Waals surface area contributed by atoms with Crippen molar-refractivity contribution in [2.24, 2.45) is 0 Å². The maximum atomic E-state index is 13.7. The summed E-state index contributed by atoms with van der Waals surface area (Å²) in [7, 11) is 0. The molecule has 2 aliphatic rings. The Bertz CT molecular complexity index is 1190. The number of nitrogens with one attached hydrogen (secondary N) is 2. The van der Waals surface area contributed by atoms with Crippen LogP contribution in [0.5, 0.6) is 11.5 Å². The van der Waals surface area contributed by atoms with E-state index in [2.05, 4.69) is 10.6 Å². The zero-order valence-corrected chi connectivity index (χ0v) is 19.7. The maximum absolute atomic E-state index is 13.7. The zero-order chi connectivity index (χ0) is 24.2. The van der Waals surface area contributed by atoms with Gasteiger partial charge in [0.1, 0.15) is 5.76 Å². The van der Waals surface area contributed by atoms with Crippen LogP contribution in [0, 0.1) is 0 Å². The lowest BCUT2D eigenvalue weighted by atomic mass is 10.1. The topological polar surface area (TPSA) is 110 Å². The molecule has 182 valence electrons. The monoisotopic (exact) mass is 495 g/mol. The van der Waals surface area contributed by atoms with Crippen LogP contribution in [0.15, 0.2) is 58.5 Å². The second-order valence-electron chi connectivity index (χ2n) is 8.38. The van der Waals surface area contributed by atoms with E-state index in [0.717, 1.165) is 25.7 Å². The standard InChI is InChI=1S/C25H25N3O6S/c29-23(26-14-18-7-3-11-32-18)22(21-8-4-12-35-21)28(17-9-10-19-20(13-17)34-15-33-19)25(31)24(30)27-16-5-1-2-6-16/h3-4,7-13,16,22H,1-2,5-6,14-15H2,(H,26,29)(H,27,30)/t22-/m1/s1. The number of ether oxygens (including phenoxy) is 2. The summed E-state index contributed by atoms with van der Waals surface area (Å²) in [5, 5.41) is 7.50. The molecule has 1 saturated carbocycles. The van der Waals surface area contributed by atoms with Crippen LogP contribution in [0.4, 0.5) is 5.69 Å². The van der Waals surface area contributed by atoms with Gasteiger partial charge in [-0.3, -0.25) is 19.3 Å². The number of carbonyl (C=O) groups is 3. The summed E-state index contributed by atoms with van der Waals surface area (Å²) in [5.41, 5.74) is 0.354. The highest BCUT2D eigenvalue weighted by Gasteiger charge is 2.38. The molecule has 9 nitrogen and oxygen atoms in total. The molecule has 2 N–H and O–H groups in total. The van der Waals surface area contributed by atoms with Gasteiger partial charge >= 0.3 is 11.8 Å². The summed E-state index contributed by atoms with van der Waals surface area (Å²) < 4.78 is 16.2. The van der Waals surface area contributed by atoms with Gasteiger partial charge in [0.2, 0.25) is 12.7 Å². The Morgan fingerprint density at radius 2 is 1.89 bits per heavy atom. The number of rotatable bonds is 7. The Labute approximate surface area is 206 Å². The number of anilines is 1. The van der Waals surface area contributed by atoms with Crippen LogP contribution >= 0.6 is 11.3 Å². The Hall–Kier alpha value is -3.79. The first-order chi connectivity index (χ1) is 17.1. The molecule has 1 aromatic carbocycles. The van der Waals surface area contributed by atoms with Gasteiger partial charge in [0.25, 0.3) is 0 Å². The van der Waals surface area contributed by atoms with E-state index in [9.17, 15) is 14.4 Å². The van der Waals surface area contributed by atoms with Gasteiger partial charge in [0.15, 0.2) is 17.5 Å². The molecule has 1 atom stereocenters. The molecule has 5 rings (SSSR count). The molecular weight excluding hydrogens is 470 g/mol. The van der Waals surface area contributed by atoms with Gasteiger partial charge in [-0.1, -0.05) is 18.9 Å². The molecule has 0 radical (unpaired) electrons. The highest BCUT2D eigenvalue weighted by atomic mass is 32.1. The van der Waals surface area contributed by atoms with E-state index in [1.807, 2.05) is 5.38 Å². The molecule has 10 heteroatoms. The zero-order valence-electron chi connectivity index (χ0n) is 18.9. The van der Waals surface area contributed by atoms with Crippen molar-refractivity contribution < 1.29 is 28.3 Å². The van der Waals surface area contributed by atoms with Crippen molar-refractivity contribution in [3.05, 3.63) is 64.7 Å². The highest BCUT2D eigenvalue weighted by Crippen LogP contribution is 2.39. The summed E-state index contributed by atoms with van der Waals surface area (Å²) in [6.45, 7) is 0.206. The van der Waals surface area contributed by atoms with Gasteiger partial charge in [-0.05, 0) is 48.6 Å². The first-order valence-corrected chi connectivity index (χ1v) is 12.4. The number of hydrogen-bond donors (Lipinski definition) is 2. The van der Waals surface area contributed by atoms with Crippen molar-refractivity contribution >= 4 is 34.7 Å². The molecule has 1 aliphatic carbocycles. The van der Waals surface area contributed by atoms with E-state index >= 15 is 0 Å². The van der Waals surface area contributed by atoms with Crippen molar-refractivity contribution in [3.63, 3.8) is 0 Å². The molecule has 35 heavy (non-hydrogen) atoms. The summed E-state index contributed by atoms with van der Waals surface area (Å²) in [6, 6.07) is 10.9. The third-order valence-electron chi connectivity index (χ3n) is 6.07. The number of thiophene rings is 1. The van der Waals surface area contributed by atoms with E-state index in [-0.39, 0.29) is 19.4 Å². The fraction of sp³-hybridized carbons (Fsp3) is 0.320. The molecule has 0 unspecified atom stereocenters. The quantitative estimate of drug-likeness (QED) is 0.486. The first-order valence-electron chi connectivity index (χ1n) is 11.5. The number of furan rings is 1. The summed E-state index contributed by atoms with van der Waals surface area (Å²) in [4.78, 5) is 42.1. The second kappa shape index (κ2) is 10.2. The van der Waals surface area contributed by atoms with Crippen LogP contribution in [-0.4, -0.2) is 30.6 Å². The van der Waals surface area contributed by atoms with Crippen LogP contribution in [0.1, 0.15) is 42.4 Å². The number of carbonyl (C=O) groups excluding carboxylic acids is 3. The molecule has 1 aliphatic heterocycles. The Morgan fingerprint density at radius 3 is 2.63 bits per heavy atom. The van der Waals surface area contributed by atoms with Crippen LogP contribution in [-0.2, 0) is 20.9 Å². The number of fused-ring (bicyclic) bond motifs is 1. The summed E-state index contributed by atoms with van der Waals surface area (Å²) >= 11 is 1.33. The van der Waals surface area contributed by atoms with E-state index in [0.29, 0.717) is 27.8 Å². The van der Waals surface area contributed by atoms with Gasteiger partial charge in [-0.2, -0.15) is 0 Å².